The van der Waals surface area contributed by atoms with Crippen molar-refractivity contribution in [1.29, 1.82) is 10.5 Å². The van der Waals surface area contributed by atoms with Crippen molar-refractivity contribution in [3.05, 3.63) is 241 Å². The average molecular weight is 832 g/mol. The van der Waals surface area contributed by atoms with E-state index in [0.29, 0.717) is 16.3 Å². The highest BCUT2D eigenvalue weighted by Crippen LogP contribution is 2.57. The highest BCUT2D eigenvalue weighted by atomic mass is 31.2. The number of hydrogen-bond acceptors (Lipinski definition) is 4. The zero-order valence-corrected chi connectivity index (χ0v) is 35.5. The van der Waals surface area contributed by atoms with Gasteiger partial charge in [0.25, 0.3) is 0 Å². The lowest BCUT2D eigenvalue weighted by atomic mass is 9.35. The quantitative estimate of drug-likeness (QED) is 0.0965. The Bertz CT molecular complexity index is 3110. The van der Waals surface area contributed by atoms with E-state index in [1.807, 2.05) is 0 Å². The van der Waals surface area contributed by atoms with E-state index in [-0.39, 0.29) is 13.4 Å². The van der Waals surface area contributed by atoms with Gasteiger partial charge in [0.2, 0.25) is 13.4 Å². The van der Waals surface area contributed by atoms with Gasteiger partial charge in [-0.05, 0) is 93.1 Å². The Balaban J connectivity index is 1.05. The van der Waals surface area contributed by atoms with Gasteiger partial charge in [-0.1, -0.05) is 169 Å². The summed E-state index contributed by atoms with van der Waals surface area (Å²) >= 11 is 0. The minimum Gasteiger partial charge on any atom is -0.312 e. The van der Waals surface area contributed by atoms with Gasteiger partial charge in [-0.2, -0.15) is 10.5 Å². The third-order valence-corrected chi connectivity index (χ3v) is 16.9. The largest absolute Gasteiger partial charge is 0.312 e. The number of fused-ring (bicyclic) bond motifs is 4. The molecule has 5 nitrogen and oxygen atoms in total. The first-order valence-electron chi connectivity index (χ1n) is 21.3. The van der Waals surface area contributed by atoms with E-state index < -0.39 is 6.89 Å². The number of allylic oxidation sites excluding steroid dienone is 3. The molecule has 3 aliphatic heterocycles. The second-order valence-electron chi connectivity index (χ2n) is 16.1. The van der Waals surface area contributed by atoms with Crippen LogP contribution in [-0.4, -0.2) is 18.8 Å². The van der Waals surface area contributed by atoms with Gasteiger partial charge >= 0.3 is 0 Å². The Morgan fingerprint density at radius 3 is 1.12 bits per heavy atom. The van der Waals surface area contributed by atoms with Crippen molar-refractivity contribution < 1.29 is 0 Å². The molecule has 0 saturated heterocycles. The second-order valence-corrected chi connectivity index (χ2v) is 19.4. The molecule has 0 spiro atoms. The van der Waals surface area contributed by atoms with Crippen molar-refractivity contribution in [1.82, 2.24) is 0 Å². The lowest BCUT2D eigenvalue weighted by molar-refractivity contribution is 1.29. The first-order chi connectivity index (χ1) is 31.6. The van der Waals surface area contributed by atoms with Crippen molar-refractivity contribution >= 4 is 103 Å². The van der Waals surface area contributed by atoms with Crippen molar-refractivity contribution in [3.8, 4) is 12.1 Å². The van der Waals surface area contributed by atoms with Crippen LogP contribution in [0.4, 0.5) is 34.1 Å². The minimum atomic E-state index is -3.05. The first kappa shape index (κ1) is 38.6. The Hall–Kier alpha value is -8.26. The van der Waals surface area contributed by atoms with E-state index in [1.165, 1.54) is 32.8 Å². The topological polar surface area (TPSA) is 58.4 Å². The summed E-state index contributed by atoms with van der Waals surface area (Å²) in [5, 5.41) is 23.3. The summed E-state index contributed by atoms with van der Waals surface area (Å²) in [6, 6.07) is 77.3. The van der Waals surface area contributed by atoms with E-state index in [9.17, 15) is 10.5 Å². The normalized spacial score (nSPS) is 14.4. The molecule has 11 rings (SSSR count). The van der Waals surface area contributed by atoms with Crippen LogP contribution in [0.3, 0.4) is 0 Å². The third kappa shape index (κ3) is 6.01. The summed E-state index contributed by atoms with van der Waals surface area (Å²) in [7, 11) is 0. The van der Waals surface area contributed by atoms with Crippen molar-refractivity contribution in [3.63, 3.8) is 0 Å². The molecule has 3 heterocycles. The van der Waals surface area contributed by atoms with Crippen LogP contribution in [-0.2, 0) is 0 Å². The van der Waals surface area contributed by atoms with Crippen LogP contribution in [0.1, 0.15) is 0 Å². The van der Waals surface area contributed by atoms with Gasteiger partial charge in [0.15, 0.2) is 5.42 Å². The number of anilines is 6. The molecule has 0 aliphatic carbocycles. The van der Waals surface area contributed by atoms with Gasteiger partial charge in [-0.25, -0.2) is 4.85 Å². The first-order valence-corrected chi connectivity index (χ1v) is 23.1. The molecule has 8 heteroatoms. The summed E-state index contributed by atoms with van der Waals surface area (Å²) in [5.74, 6) is 0. The van der Waals surface area contributed by atoms with Crippen molar-refractivity contribution in [2.75, 3.05) is 9.80 Å². The maximum atomic E-state index is 11.0. The highest BCUT2D eigenvalue weighted by Gasteiger charge is 2.39. The lowest BCUT2D eigenvalue weighted by Crippen LogP contribution is -2.57. The third-order valence-electron chi connectivity index (χ3n) is 12.9. The SMILES string of the molecule is [C-]#[N+]C1=P(c2ccc(N3c4ccccc4B(c4ccccc4)c4ccccc43)cc2)(c2ccc(N3c4ccccc4B(c4ccccc4)c4ccccc43)cc2)C(C#N)=CC(C#N)=C1. The standard InChI is InChI=1S/C56H36B2N5P/c1-61-56-37-40(38-59)36-47(39-60)64(56,45-32-28-43(29-33-45)62-52-24-12-8-20-48(52)57(41-16-4-2-5-17-41)49-21-9-13-25-53(49)62)46-34-30-44(31-35-46)63-54-26-14-10-22-50(54)58(42-18-6-3-7-19-42)51-23-11-15-27-55(51)63/h2-37H. The smallest absolute Gasteiger partial charge is 0.246 e. The number of benzene rings is 8. The minimum absolute atomic E-state index is 0.0704. The maximum absolute atomic E-state index is 11.0. The second kappa shape index (κ2) is 15.9. The molecule has 0 unspecified atom stereocenters. The molecule has 296 valence electrons. The zero-order valence-electron chi connectivity index (χ0n) is 34.6. The molecule has 0 N–H and O–H groups in total. The molecule has 0 aromatic heterocycles. The molecule has 0 bridgehead atoms. The van der Waals surface area contributed by atoms with E-state index in [1.54, 1.807) is 12.2 Å². The highest BCUT2D eigenvalue weighted by molar-refractivity contribution is 7.93. The Kier molecular flexibility index (Phi) is 9.60. The molecule has 0 saturated carbocycles. The maximum Gasteiger partial charge on any atom is 0.246 e. The molecule has 64 heavy (non-hydrogen) atoms. The Labute approximate surface area is 374 Å². The summed E-state index contributed by atoms with van der Waals surface area (Å²) in [5.41, 5.74) is 14.4. The number of hydrogen-bond donors (Lipinski definition) is 0. The van der Waals surface area contributed by atoms with Gasteiger partial charge in [-0.15, -0.1) is 0 Å². The van der Waals surface area contributed by atoms with E-state index in [0.717, 1.165) is 44.7 Å². The number of para-hydroxylation sites is 4. The molecule has 0 fully saturated rings. The van der Waals surface area contributed by atoms with Crippen LogP contribution in [0.15, 0.2) is 229 Å². The molecule has 0 atom stereocenters. The molecule has 8 aromatic carbocycles. The van der Waals surface area contributed by atoms with Crippen LogP contribution >= 0.6 is 6.89 Å². The van der Waals surface area contributed by atoms with E-state index in [4.69, 9.17) is 6.57 Å². The molecule has 8 aromatic rings. The fourth-order valence-corrected chi connectivity index (χ4v) is 14.0. The predicted molar refractivity (Wildman–Crippen MR) is 270 cm³/mol. The van der Waals surface area contributed by atoms with E-state index in [2.05, 4.69) is 233 Å². The number of rotatable bonds is 6. The van der Waals surface area contributed by atoms with Crippen LogP contribution in [0, 0.1) is 29.2 Å². The van der Waals surface area contributed by atoms with Crippen LogP contribution in [0.25, 0.3) is 4.85 Å². The number of nitriles is 2. The summed E-state index contributed by atoms with van der Waals surface area (Å²) < 4.78 is 0. The Morgan fingerprint density at radius 1 is 0.422 bits per heavy atom. The molecule has 3 aliphatic rings. The summed E-state index contributed by atoms with van der Waals surface area (Å²) in [4.78, 5) is 8.78. The lowest BCUT2D eigenvalue weighted by Gasteiger charge is -2.38. The van der Waals surface area contributed by atoms with E-state index >= 15 is 0 Å². The fourth-order valence-electron chi connectivity index (χ4n) is 10.2. The van der Waals surface area contributed by atoms with Gasteiger partial charge < -0.3 is 9.80 Å². The van der Waals surface area contributed by atoms with Gasteiger partial charge in [0.05, 0.1) is 24.0 Å². The molecular formula is C56H36B2N5P. The average Bonchev–Trinajstić information content (AvgIpc) is 3.37. The van der Waals surface area contributed by atoms with Gasteiger partial charge in [0, 0.05) is 46.6 Å². The zero-order chi connectivity index (χ0) is 43.2. The monoisotopic (exact) mass is 831 g/mol. The summed E-state index contributed by atoms with van der Waals surface area (Å²) in [6.07, 6.45) is 3.37. The van der Waals surface area contributed by atoms with Crippen molar-refractivity contribution in [2.24, 2.45) is 0 Å². The summed E-state index contributed by atoms with van der Waals surface area (Å²) in [6.45, 7) is 5.69. The van der Waals surface area contributed by atoms with Crippen molar-refractivity contribution in [2.45, 2.75) is 0 Å². The van der Waals surface area contributed by atoms with Crippen LogP contribution in [0.2, 0.25) is 0 Å². The molecular weight excluding hydrogens is 795 g/mol. The molecule has 0 radical (unpaired) electrons. The van der Waals surface area contributed by atoms with Gasteiger partial charge in [-0.3, -0.25) is 0 Å². The fraction of sp³-hybridized carbons (Fsp3) is 0. The van der Waals surface area contributed by atoms with Gasteiger partial charge in [0.1, 0.15) is 0 Å². The predicted octanol–water partition coefficient (Wildman–Crippen LogP) is 8.17. The number of nitrogens with zero attached hydrogens (tertiary/aromatic N) is 5. The van der Waals surface area contributed by atoms with Crippen LogP contribution < -0.4 is 53.2 Å². The Morgan fingerprint density at radius 2 is 0.781 bits per heavy atom. The molecule has 0 amide bonds. The van der Waals surface area contributed by atoms with Crippen LogP contribution in [0.5, 0.6) is 0 Å².